The Bertz CT molecular complexity index is 1020. The van der Waals surface area contributed by atoms with Crippen LogP contribution < -0.4 is 0 Å². The predicted molar refractivity (Wildman–Crippen MR) is 98.7 cm³/mol. The topological polar surface area (TPSA) is 83.0 Å². The second kappa shape index (κ2) is 7.61. The fourth-order valence-electron chi connectivity index (χ4n) is 3.35. The minimum absolute atomic E-state index is 0.0437. The first-order valence-corrected chi connectivity index (χ1v) is 9.03. The molecule has 0 radical (unpaired) electrons. The molecular formula is C21H17FN4O2. The molecular weight excluding hydrogens is 359 g/mol. The molecule has 0 unspecified atom stereocenters. The normalized spacial score (nSPS) is 16.6. The Hall–Kier alpha value is -3.53. The third kappa shape index (κ3) is 3.62. The number of piperidine rings is 1. The van der Waals surface area contributed by atoms with Gasteiger partial charge in [0.15, 0.2) is 0 Å². The first-order chi connectivity index (χ1) is 13.6. The number of amides is 1. The van der Waals surface area contributed by atoms with Gasteiger partial charge in [-0.1, -0.05) is 5.16 Å². The summed E-state index contributed by atoms with van der Waals surface area (Å²) in [6, 6.07) is 14.6. The lowest BCUT2D eigenvalue weighted by Gasteiger charge is -2.31. The summed E-state index contributed by atoms with van der Waals surface area (Å²) >= 11 is 0. The van der Waals surface area contributed by atoms with Gasteiger partial charge < -0.3 is 9.42 Å². The second-order valence-electron chi connectivity index (χ2n) is 6.74. The van der Waals surface area contributed by atoms with Crippen molar-refractivity contribution in [3.63, 3.8) is 0 Å². The van der Waals surface area contributed by atoms with Crippen LogP contribution in [0.2, 0.25) is 0 Å². The molecule has 2 heterocycles. The van der Waals surface area contributed by atoms with Crippen LogP contribution in [0.5, 0.6) is 0 Å². The second-order valence-corrected chi connectivity index (χ2v) is 6.74. The number of halogens is 1. The van der Waals surface area contributed by atoms with Gasteiger partial charge in [-0.3, -0.25) is 4.79 Å². The smallest absolute Gasteiger partial charge is 0.253 e. The van der Waals surface area contributed by atoms with Crippen LogP contribution in [0.15, 0.2) is 53.1 Å². The van der Waals surface area contributed by atoms with Gasteiger partial charge in [0.1, 0.15) is 5.82 Å². The molecule has 1 fully saturated rings. The largest absolute Gasteiger partial charge is 0.339 e. The lowest BCUT2D eigenvalue weighted by Crippen LogP contribution is -2.39. The van der Waals surface area contributed by atoms with E-state index in [1.54, 1.807) is 41.3 Å². The Kier molecular flexibility index (Phi) is 4.85. The molecule has 3 aromatic rings. The van der Waals surface area contributed by atoms with Crippen molar-refractivity contribution < 1.29 is 13.7 Å². The molecule has 1 aliphatic rings. The molecule has 1 aromatic heterocycles. The summed E-state index contributed by atoms with van der Waals surface area (Å²) in [7, 11) is 0. The molecule has 140 valence electrons. The highest BCUT2D eigenvalue weighted by atomic mass is 19.1. The highest BCUT2D eigenvalue weighted by Crippen LogP contribution is 2.28. The zero-order valence-corrected chi connectivity index (χ0v) is 15.0. The monoisotopic (exact) mass is 376 g/mol. The van der Waals surface area contributed by atoms with Crippen molar-refractivity contribution >= 4 is 5.91 Å². The van der Waals surface area contributed by atoms with E-state index in [9.17, 15) is 9.18 Å². The molecule has 1 amide bonds. The average molecular weight is 376 g/mol. The maximum absolute atomic E-state index is 13.1. The SMILES string of the molecule is N#Cc1ccc(C(=O)N2CCC[C@H](c3nc(-c4ccc(F)cc4)no3)C2)cc1. The summed E-state index contributed by atoms with van der Waals surface area (Å²) in [6.45, 7) is 1.15. The van der Waals surface area contributed by atoms with E-state index in [1.165, 1.54) is 12.1 Å². The lowest BCUT2D eigenvalue weighted by atomic mass is 9.97. The van der Waals surface area contributed by atoms with E-state index in [-0.39, 0.29) is 17.6 Å². The summed E-state index contributed by atoms with van der Waals surface area (Å²) in [5.41, 5.74) is 1.75. The highest BCUT2D eigenvalue weighted by Gasteiger charge is 2.29. The maximum atomic E-state index is 13.1. The fraction of sp³-hybridized carbons (Fsp3) is 0.238. The number of likely N-dealkylation sites (tertiary alicyclic amines) is 1. The van der Waals surface area contributed by atoms with Crippen LogP contribution in [0, 0.1) is 17.1 Å². The third-order valence-corrected chi connectivity index (χ3v) is 4.86. The van der Waals surface area contributed by atoms with E-state index in [0.29, 0.717) is 41.5 Å². The minimum atomic E-state index is -0.322. The molecule has 0 saturated carbocycles. The first kappa shape index (κ1) is 17.9. The molecule has 6 nitrogen and oxygen atoms in total. The van der Waals surface area contributed by atoms with Crippen molar-refractivity contribution in [2.75, 3.05) is 13.1 Å². The molecule has 0 N–H and O–H groups in total. The minimum Gasteiger partial charge on any atom is -0.339 e. The van der Waals surface area contributed by atoms with Crippen molar-refractivity contribution in [1.82, 2.24) is 15.0 Å². The Labute approximate surface area is 161 Å². The van der Waals surface area contributed by atoms with Gasteiger partial charge in [0.2, 0.25) is 11.7 Å². The van der Waals surface area contributed by atoms with Crippen LogP contribution >= 0.6 is 0 Å². The van der Waals surface area contributed by atoms with E-state index in [1.807, 2.05) is 6.07 Å². The highest BCUT2D eigenvalue weighted by molar-refractivity contribution is 5.94. The molecule has 0 aliphatic carbocycles. The molecule has 4 rings (SSSR count). The van der Waals surface area contributed by atoms with Gasteiger partial charge in [-0.15, -0.1) is 0 Å². The molecule has 1 aliphatic heterocycles. The van der Waals surface area contributed by atoms with Crippen molar-refractivity contribution in [2.45, 2.75) is 18.8 Å². The molecule has 1 atom stereocenters. The van der Waals surface area contributed by atoms with E-state index in [0.717, 1.165) is 12.8 Å². The summed E-state index contributed by atoms with van der Waals surface area (Å²) in [4.78, 5) is 19.0. The van der Waals surface area contributed by atoms with Crippen LogP contribution in [0.4, 0.5) is 4.39 Å². The molecule has 0 spiro atoms. The maximum Gasteiger partial charge on any atom is 0.253 e. The molecule has 0 bridgehead atoms. The number of hydrogen-bond donors (Lipinski definition) is 0. The van der Waals surface area contributed by atoms with Crippen LogP contribution in [0.3, 0.4) is 0 Å². The van der Waals surface area contributed by atoms with Crippen LogP contribution in [-0.2, 0) is 0 Å². The molecule has 2 aromatic carbocycles. The Morgan fingerprint density at radius 1 is 1.18 bits per heavy atom. The molecule has 28 heavy (non-hydrogen) atoms. The zero-order chi connectivity index (χ0) is 19.5. The fourth-order valence-corrected chi connectivity index (χ4v) is 3.35. The van der Waals surface area contributed by atoms with Crippen molar-refractivity contribution in [1.29, 1.82) is 5.26 Å². The Morgan fingerprint density at radius 2 is 1.93 bits per heavy atom. The summed E-state index contributed by atoms with van der Waals surface area (Å²) in [5.74, 6) is 0.448. The van der Waals surface area contributed by atoms with Gasteiger partial charge in [0, 0.05) is 24.2 Å². The van der Waals surface area contributed by atoms with Gasteiger partial charge in [-0.25, -0.2) is 4.39 Å². The van der Waals surface area contributed by atoms with E-state index in [2.05, 4.69) is 10.1 Å². The quantitative estimate of drug-likeness (QED) is 0.695. The summed E-state index contributed by atoms with van der Waals surface area (Å²) in [5, 5.41) is 12.9. The number of nitriles is 1. The van der Waals surface area contributed by atoms with Crippen LogP contribution in [-0.4, -0.2) is 34.0 Å². The summed E-state index contributed by atoms with van der Waals surface area (Å²) in [6.07, 6.45) is 1.68. The number of rotatable bonds is 3. The lowest BCUT2D eigenvalue weighted by molar-refractivity contribution is 0.0695. The standard InChI is InChI=1S/C21H17FN4O2/c22-18-9-7-15(8-10-18)19-24-20(28-25-19)17-2-1-11-26(13-17)21(27)16-5-3-14(12-23)4-6-16/h3-10,17H,1-2,11,13H2/t17-/m0/s1. The van der Waals surface area contributed by atoms with Crippen molar-refractivity contribution in [2.24, 2.45) is 0 Å². The summed E-state index contributed by atoms with van der Waals surface area (Å²) < 4.78 is 18.5. The Balaban J connectivity index is 1.48. The molecule has 7 heteroatoms. The van der Waals surface area contributed by atoms with Gasteiger partial charge in [0.05, 0.1) is 17.6 Å². The van der Waals surface area contributed by atoms with Gasteiger partial charge in [0.25, 0.3) is 5.91 Å². The molecule has 1 saturated heterocycles. The number of aromatic nitrogens is 2. The van der Waals surface area contributed by atoms with E-state index < -0.39 is 0 Å². The third-order valence-electron chi connectivity index (χ3n) is 4.86. The van der Waals surface area contributed by atoms with Crippen LogP contribution in [0.1, 0.15) is 40.6 Å². The van der Waals surface area contributed by atoms with Gasteiger partial charge >= 0.3 is 0 Å². The van der Waals surface area contributed by atoms with Crippen molar-refractivity contribution in [3.05, 3.63) is 71.4 Å². The average Bonchev–Trinajstić information content (AvgIpc) is 3.24. The van der Waals surface area contributed by atoms with Crippen molar-refractivity contribution in [3.8, 4) is 17.5 Å². The number of carbonyl (C=O) groups excluding carboxylic acids is 1. The van der Waals surface area contributed by atoms with E-state index >= 15 is 0 Å². The number of nitrogens with zero attached hydrogens (tertiary/aromatic N) is 4. The first-order valence-electron chi connectivity index (χ1n) is 9.03. The number of hydrogen-bond acceptors (Lipinski definition) is 5. The van der Waals surface area contributed by atoms with Gasteiger partial charge in [-0.05, 0) is 61.4 Å². The van der Waals surface area contributed by atoms with Gasteiger partial charge in [-0.2, -0.15) is 10.2 Å². The predicted octanol–water partition coefficient (Wildman–Crippen LogP) is 3.77. The zero-order valence-electron chi connectivity index (χ0n) is 15.0. The Morgan fingerprint density at radius 3 is 2.64 bits per heavy atom. The number of benzene rings is 2. The van der Waals surface area contributed by atoms with E-state index in [4.69, 9.17) is 9.78 Å². The van der Waals surface area contributed by atoms with Crippen LogP contribution in [0.25, 0.3) is 11.4 Å². The number of carbonyl (C=O) groups is 1.